The molecule has 3 fully saturated rings. The van der Waals surface area contributed by atoms with E-state index >= 15 is 0 Å². The Hall–Kier alpha value is -3.10. The zero-order valence-electron chi connectivity index (χ0n) is 18.2. The van der Waals surface area contributed by atoms with Crippen molar-refractivity contribution in [2.75, 3.05) is 19.7 Å². The Morgan fingerprint density at radius 1 is 1.09 bits per heavy atom. The summed E-state index contributed by atoms with van der Waals surface area (Å²) in [6.07, 6.45) is 2.43. The van der Waals surface area contributed by atoms with Gasteiger partial charge in [0.05, 0.1) is 5.69 Å². The predicted molar refractivity (Wildman–Crippen MR) is 119 cm³/mol. The molecule has 4 aliphatic rings. The number of amides is 3. The van der Waals surface area contributed by atoms with Crippen LogP contribution in [-0.2, 0) is 22.7 Å². The van der Waals surface area contributed by atoms with Crippen LogP contribution in [-0.4, -0.2) is 63.4 Å². The summed E-state index contributed by atoms with van der Waals surface area (Å²) in [5, 5.41) is 11.7. The van der Waals surface area contributed by atoms with E-state index in [-0.39, 0.29) is 18.2 Å². The van der Waals surface area contributed by atoms with Crippen LogP contribution in [0.1, 0.15) is 34.3 Å². The second-order valence-electron chi connectivity index (χ2n) is 9.69. The van der Waals surface area contributed by atoms with Crippen molar-refractivity contribution in [3.8, 4) is 11.3 Å². The van der Waals surface area contributed by atoms with Crippen LogP contribution in [0.3, 0.4) is 0 Å². The monoisotopic (exact) mass is 446 g/mol. The largest absolute Gasteiger partial charge is 0.396 e. The number of carbonyl (C=O) groups excluding carboxylic acids is 3. The molecule has 2 unspecified atom stereocenters. The van der Waals surface area contributed by atoms with Gasteiger partial charge in [0.15, 0.2) is 0 Å². The van der Waals surface area contributed by atoms with E-state index in [1.54, 1.807) is 4.90 Å². The van der Waals surface area contributed by atoms with Gasteiger partial charge in [-0.25, -0.2) is 0 Å². The smallest absolute Gasteiger partial charge is 0.255 e. The first kappa shape index (κ1) is 20.5. The molecule has 2 N–H and O–H groups in total. The molecule has 1 aromatic heterocycles. The van der Waals surface area contributed by atoms with Gasteiger partial charge in [-0.2, -0.15) is 0 Å². The Bertz CT molecular complexity index is 1150. The molecule has 8 nitrogen and oxygen atoms in total. The topological polar surface area (TPSA) is 103 Å². The second-order valence-corrected chi connectivity index (χ2v) is 9.69. The lowest BCUT2D eigenvalue weighted by atomic mass is 10.0. The lowest BCUT2D eigenvalue weighted by Crippen LogP contribution is -2.52. The fourth-order valence-corrected chi connectivity index (χ4v) is 5.86. The lowest BCUT2D eigenvalue weighted by molar-refractivity contribution is -0.136. The van der Waals surface area contributed by atoms with Gasteiger partial charge >= 0.3 is 0 Å². The van der Waals surface area contributed by atoms with Gasteiger partial charge in [0.25, 0.3) is 5.91 Å². The van der Waals surface area contributed by atoms with E-state index in [1.165, 1.54) is 5.56 Å². The Morgan fingerprint density at radius 3 is 2.67 bits per heavy atom. The molecule has 4 atom stereocenters. The molecule has 2 aromatic rings. The van der Waals surface area contributed by atoms with E-state index in [0.29, 0.717) is 42.9 Å². The average molecular weight is 447 g/mol. The average Bonchev–Trinajstić information content (AvgIpc) is 3.11. The van der Waals surface area contributed by atoms with Crippen molar-refractivity contribution in [1.29, 1.82) is 0 Å². The number of aromatic nitrogens is 1. The number of pyridine rings is 1. The van der Waals surface area contributed by atoms with Gasteiger partial charge in [0.1, 0.15) is 6.04 Å². The molecular weight excluding hydrogens is 420 g/mol. The molecule has 1 saturated carbocycles. The van der Waals surface area contributed by atoms with Crippen molar-refractivity contribution in [1.82, 2.24) is 20.1 Å². The predicted octanol–water partition coefficient (Wildman–Crippen LogP) is 1.18. The van der Waals surface area contributed by atoms with Gasteiger partial charge in [0, 0.05) is 56.5 Å². The van der Waals surface area contributed by atoms with Gasteiger partial charge in [-0.15, -0.1) is 0 Å². The number of hydrogen-bond donors (Lipinski definition) is 2. The summed E-state index contributed by atoms with van der Waals surface area (Å²) < 4.78 is 0. The number of fused-ring (bicyclic) bond motifs is 2. The minimum absolute atomic E-state index is 0.165. The maximum Gasteiger partial charge on any atom is 0.255 e. The number of aliphatic hydroxyl groups excluding tert-OH is 1. The van der Waals surface area contributed by atoms with E-state index in [9.17, 15) is 19.5 Å². The molecule has 33 heavy (non-hydrogen) atoms. The van der Waals surface area contributed by atoms with Crippen molar-refractivity contribution in [3.63, 3.8) is 0 Å². The standard InChI is InChI=1S/C25H26N4O4/c30-13-20-18-11-28(12-19(18)20)9-14-5-6-26-21(7-14)15-1-2-17-16(8-15)10-29(25(17)33)22-3-4-23(31)27-24(22)32/h1-2,5-8,18-20,22,30H,3-4,9-13H2,(H,27,31,32)/t18-,19+,20?,22?. The molecule has 1 aliphatic carbocycles. The number of rotatable bonds is 5. The third-order valence-corrected chi connectivity index (χ3v) is 7.71. The number of nitrogens with zero attached hydrogens (tertiary/aromatic N) is 3. The van der Waals surface area contributed by atoms with E-state index in [4.69, 9.17) is 0 Å². The molecule has 3 aliphatic heterocycles. The maximum atomic E-state index is 12.9. The van der Waals surface area contributed by atoms with Gasteiger partial charge < -0.3 is 10.0 Å². The third kappa shape index (κ3) is 3.54. The molecule has 4 heterocycles. The minimum atomic E-state index is -0.607. The highest BCUT2D eigenvalue weighted by molar-refractivity contribution is 6.05. The van der Waals surface area contributed by atoms with Crippen LogP contribution < -0.4 is 5.32 Å². The molecular formula is C25H26N4O4. The number of piperidine rings is 2. The molecule has 170 valence electrons. The fourth-order valence-electron chi connectivity index (χ4n) is 5.86. The van der Waals surface area contributed by atoms with Crippen LogP contribution in [0.4, 0.5) is 0 Å². The molecule has 0 bridgehead atoms. The first-order valence-electron chi connectivity index (χ1n) is 11.6. The van der Waals surface area contributed by atoms with Crippen molar-refractivity contribution >= 4 is 17.7 Å². The number of imide groups is 1. The van der Waals surface area contributed by atoms with E-state index < -0.39 is 11.9 Å². The number of nitrogens with one attached hydrogen (secondary N) is 1. The summed E-state index contributed by atoms with van der Waals surface area (Å²) in [6.45, 7) is 3.63. The van der Waals surface area contributed by atoms with Crippen LogP contribution in [0.15, 0.2) is 36.5 Å². The van der Waals surface area contributed by atoms with E-state index in [1.807, 2.05) is 30.5 Å². The summed E-state index contributed by atoms with van der Waals surface area (Å²) >= 11 is 0. The highest BCUT2D eigenvalue weighted by atomic mass is 16.3. The SMILES string of the molecule is O=C1CCC(N2Cc3cc(-c4cc(CN5C[C@@H]6C(CO)[C@@H]6C5)ccn4)ccc3C2=O)C(=O)N1. The molecule has 0 spiro atoms. The lowest BCUT2D eigenvalue weighted by Gasteiger charge is -2.29. The summed E-state index contributed by atoms with van der Waals surface area (Å²) in [7, 11) is 0. The number of aliphatic hydroxyl groups is 1. The quantitative estimate of drug-likeness (QED) is 0.669. The van der Waals surface area contributed by atoms with Crippen molar-refractivity contribution in [3.05, 3.63) is 53.2 Å². The van der Waals surface area contributed by atoms with Crippen LogP contribution >= 0.6 is 0 Å². The van der Waals surface area contributed by atoms with Crippen molar-refractivity contribution in [2.45, 2.75) is 32.0 Å². The minimum Gasteiger partial charge on any atom is -0.396 e. The Balaban J connectivity index is 1.17. The summed E-state index contributed by atoms with van der Waals surface area (Å²) in [5.41, 5.74) is 4.49. The first-order valence-corrected chi connectivity index (χ1v) is 11.6. The van der Waals surface area contributed by atoms with Crippen LogP contribution in [0.2, 0.25) is 0 Å². The molecule has 1 aromatic carbocycles. The van der Waals surface area contributed by atoms with Crippen LogP contribution in [0, 0.1) is 17.8 Å². The van der Waals surface area contributed by atoms with Crippen molar-refractivity contribution < 1.29 is 19.5 Å². The highest BCUT2D eigenvalue weighted by Crippen LogP contribution is 2.51. The van der Waals surface area contributed by atoms with Crippen LogP contribution in [0.25, 0.3) is 11.3 Å². The van der Waals surface area contributed by atoms with E-state index in [0.717, 1.165) is 36.5 Å². The molecule has 0 radical (unpaired) electrons. The normalized spacial score (nSPS) is 28.6. The van der Waals surface area contributed by atoms with Gasteiger partial charge in [-0.1, -0.05) is 6.07 Å². The zero-order chi connectivity index (χ0) is 22.7. The maximum absolute atomic E-state index is 12.9. The molecule has 8 heteroatoms. The highest BCUT2D eigenvalue weighted by Gasteiger charge is 2.54. The van der Waals surface area contributed by atoms with Crippen molar-refractivity contribution in [2.24, 2.45) is 17.8 Å². The van der Waals surface area contributed by atoms with Gasteiger partial charge in [-0.05, 0) is 59.6 Å². The summed E-state index contributed by atoms with van der Waals surface area (Å²) in [4.78, 5) is 45.2. The summed E-state index contributed by atoms with van der Waals surface area (Å²) in [5.74, 6) is 0.958. The Labute approximate surface area is 191 Å². The first-order chi connectivity index (χ1) is 16.0. The third-order valence-electron chi connectivity index (χ3n) is 7.71. The fraction of sp³-hybridized carbons (Fsp3) is 0.440. The van der Waals surface area contributed by atoms with Gasteiger partial charge in [0.2, 0.25) is 11.8 Å². The van der Waals surface area contributed by atoms with Gasteiger partial charge in [-0.3, -0.25) is 29.6 Å². The number of benzene rings is 1. The number of likely N-dealkylation sites (tertiary alicyclic amines) is 1. The number of hydrogen-bond acceptors (Lipinski definition) is 6. The summed E-state index contributed by atoms with van der Waals surface area (Å²) in [6, 6.07) is 9.25. The molecule has 6 rings (SSSR count). The van der Waals surface area contributed by atoms with Crippen LogP contribution in [0.5, 0.6) is 0 Å². The number of carbonyl (C=O) groups is 3. The van der Waals surface area contributed by atoms with E-state index in [2.05, 4.69) is 21.3 Å². The molecule has 3 amide bonds. The Kier molecular flexibility index (Phi) is 4.81. The molecule has 2 saturated heterocycles. The second kappa shape index (κ2) is 7.74. The Morgan fingerprint density at radius 2 is 1.91 bits per heavy atom. The zero-order valence-corrected chi connectivity index (χ0v) is 18.2.